The molecule has 4 nitrogen and oxygen atoms in total. The quantitative estimate of drug-likeness (QED) is 0.821. The molecule has 1 saturated carbocycles. The van der Waals surface area contributed by atoms with Gasteiger partial charge in [-0.05, 0) is 33.6 Å². The summed E-state index contributed by atoms with van der Waals surface area (Å²) < 4.78 is 0. The molecular formula is C13H22N4. The van der Waals surface area contributed by atoms with Crippen LogP contribution in [0, 0.1) is 0 Å². The smallest absolute Gasteiger partial charge is 0.136 e. The van der Waals surface area contributed by atoms with Crippen molar-refractivity contribution >= 4 is 11.6 Å². The van der Waals surface area contributed by atoms with Crippen molar-refractivity contribution < 1.29 is 0 Å². The van der Waals surface area contributed by atoms with Gasteiger partial charge < -0.3 is 10.2 Å². The van der Waals surface area contributed by atoms with E-state index >= 15 is 0 Å². The zero-order valence-electron chi connectivity index (χ0n) is 11.0. The van der Waals surface area contributed by atoms with E-state index in [-0.39, 0.29) is 0 Å². The molecule has 0 amide bonds. The second-order valence-electron chi connectivity index (χ2n) is 4.45. The summed E-state index contributed by atoms with van der Waals surface area (Å²) in [7, 11) is 0. The molecule has 1 fully saturated rings. The van der Waals surface area contributed by atoms with Gasteiger partial charge in [-0.3, -0.25) is 0 Å². The number of hydrogen-bond donors (Lipinski definition) is 1. The number of hydrogen-bond acceptors (Lipinski definition) is 4. The first-order chi connectivity index (χ1) is 8.28. The topological polar surface area (TPSA) is 41.0 Å². The fourth-order valence-corrected chi connectivity index (χ4v) is 1.96. The number of nitrogens with zero attached hydrogens (tertiary/aromatic N) is 3. The molecule has 1 heterocycles. The van der Waals surface area contributed by atoms with Gasteiger partial charge in [0.25, 0.3) is 0 Å². The summed E-state index contributed by atoms with van der Waals surface area (Å²) in [6.07, 6.45) is 2.49. The minimum Gasteiger partial charge on any atom is -0.370 e. The maximum Gasteiger partial charge on any atom is 0.136 e. The van der Waals surface area contributed by atoms with E-state index in [1.54, 1.807) is 0 Å². The van der Waals surface area contributed by atoms with E-state index in [2.05, 4.69) is 42.0 Å². The van der Waals surface area contributed by atoms with E-state index < -0.39 is 0 Å². The third-order valence-electron chi connectivity index (χ3n) is 3.12. The average Bonchev–Trinajstić information content (AvgIpc) is 3.15. The molecule has 2 rings (SSSR count). The highest BCUT2D eigenvalue weighted by atomic mass is 15.2. The van der Waals surface area contributed by atoms with E-state index in [4.69, 9.17) is 4.98 Å². The summed E-state index contributed by atoms with van der Waals surface area (Å²) in [5, 5.41) is 3.30. The fourth-order valence-electron chi connectivity index (χ4n) is 1.96. The minimum absolute atomic E-state index is 0.600. The lowest BCUT2D eigenvalue weighted by Crippen LogP contribution is -2.24. The molecule has 0 spiro atoms. The maximum absolute atomic E-state index is 4.69. The average molecular weight is 234 g/mol. The van der Waals surface area contributed by atoms with Crippen LogP contribution >= 0.6 is 0 Å². The summed E-state index contributed by atoms with van der Waals surface area (Å²) in [6.45, 7) is 9.30. The first-order valence-electron chi connectivity index (χ1n) is 6.66. The molecule has 1 aliphatic rings. The van der Waals surface area contributed by atoms with Crippen LogP contribution in [0.1, 0.15) is 45.4 Å². The summed E-state index contributed by atoms with van der Waals surface area (Å²) in [5.74, 6) is 3.64. The van der Waals surface area contributed by atoms with Crippen molar-refractivity contribution in [3.8, 4) is 0 Å². The highest BCUT2D eigenvalue weighted by molar-refractivity contribution is 5.49. The predicted octanol–water partition coefficient (Wildman–Crippen LogP) is 2.63. The van der Waals surface area contributed by atoms with Crippen LogP contribution in [0.4, 0.5) is 11.6 Å². The molecule has 0 aliphatic heterocycles. The number of anilines is 2. The third-order valence-corrected chi connectivity index (χ3v) is 3.12. The Morgan fingerprint density at radius 3 is 2.47 bits per heavy atom. The molecule has 1 aromatic rings. The van der Waals surface area contributed by atoms with Gasteiger partial charge in [0.2, 0.25) is 0 Å². The molecule has 0 aromatic carbocycles. The first-order valence-corrected chi connectivity index (χ1v) is 6.66. The molecule has 4 heteroatoms. The van der Waals surface area contributed by atoms with Gasteiger partial charge >= 0.3 is 0 Å². The molecular weight excluding hydrogens is 212 g/mol. The lowest BCUT2D eigenvalue weighted by Gasteiger charge is -2.21. The van der Waals surface area contributed by atoms with Crippen LogP contribution < -0.4 is 10.2 Å². The third kappa shape index (κ3) is 2.87. The molecule has 1 N–H and O–H groups in total. The van der Waals surface area contributed by atoms with Gasteiger partial charge in [0.1, 0.15) is 17.5 Å². The fraction of sp³-hybridized carbons (Fsp3) is 0.692. The van der Waals surface area contributed by atoms with Crippen LogP contribution in [-0.2, 0) is 0 Å². The maximum atomic E-state index is 4.69. The van der Waals surface area contributed by atoms with Gasteiger partial charge in [0.15, 0.2) is 0 Å². The monoisotopic (exact) mass is 234 g/mol. The Labute approximate surface area is 103 Å². The van der Waals surface area contributed by atoms with Gasteiger partial charge in [-0.15, -0.1) is 0 Å². The Morgan fingerprint density at radius 2 is 1.94 bits per heavy atom. The predicted molar refractivity (Wildman–Crippen MR) is 71.7 cm³/mol. The van der Waals surface area contributed by atoms with Crippen LogP contribution in [0.5, 0.6) is 0 Å². The molecule has 0 saturated heterocycles. The molecule has 94 valence electrons. The lowest BCUT2D eigenvalue weighted by atomic mass is 10.3. The summed E-state index contributed by atoms with van der Waals surface area (Å²) >= 11 is 0. The van der Waals surface area contributed by atoms with Gasteiger partial charge in [-0.25, -0.2) is 9.97 Å². The summed E-state index contributed by atoms with van der Waals surface area (Å²) in [4.78, 5) is 11.6. The van der Waals surface area contributed by atoms with E-state index in [1.165, 1.54) is 12.8 Å². The van der Waals surface area contributed by atoms with Crippen molar-refractivity contribution in [1.29, 1.82) is 0 Å². The Morgan fingerprint density at radius 1 is 1.24 bits per heavy atom. The van der Waals surface area contributed by atoms with Crippen LogP contribution in [0.3, 0.4) is 0 Å². The van der Waals surface area contributed by atoms with Crippen molar-refractivity contribution in [2.24, 2.45) is 0 Å². The van der Waals surface area contributed by atoms with Crippen molar-refractivity contribution in [2.45, 2.75) is 39.5 Å². The van der Waals surface area contributed by atoms with Crippen LogP contribution in [0.2, 0.25) is 0 Å². The van der Waals surface area contributed by atoms with Crippen LogP contribution in [0.25, 0.3) is 0 Å². The van der Waals surface area contributed by atoms with Gasteiger partial charge in [0, 0.05) is 31.6 Å². The molecule has 0 atom stereocenters. The van der Waals surface area contributed by atoms with E-state index in [9.17, 15) is 0 Å². The Kier molecular flexibility index (Phi) is 3.82. The number of rotatable bonds is 6. The highest BCUT2D eigenvalue weighted by Gasteiger charge is 2.27. The standard InChI is InChI=1S/C13H22N4/c1-4-14-11-9-12(17(5-2)6-3)16-13(15-11)10-7-8-10/h9-10H,4-8H2,1-3H3,(H,14,15,16). The molecule has 17 heavy (non-hydrogen) atoms. The van der Waals surface area contributed by atoms with Crippen molar-refractivity contribution in [3.05, 3.63) is 11.9 Å². The molecule has 0 bridgehead atoms. The SMILES string of the molecule is CCNc1cc(N(CC)CC)nc(C2CC2)n1. The van der Waals surface area contributed by atoms with Crippen LogP contribution in [-0.4, -0.2) is 29.6 Å². The van der Waals surface area contributed by atoms with Gasteiger partial charge in [0.05, 0.1) is 0 Å². The van der Waals surface area contributed by atoms with Crippen LogP contribution in [0.15, 0.2) is 6.07 Å². The largest absolute Gasteiger partial charge is 0.370 e. The van der Waals surface area contributed by atoms with Crippen molar-refractivity contribution in [1.82, 2.24) is 9.97 Å². The first kappa shape index (κ1) is 12.1. The number of nitrogens with one attached hydrogen (secondary N) is 1. The second-order valence-corrected chi connectivity index (χ2v) is 4.45. The van der Waals surface area contributed by atoms with Crippen molar-refractivity contribution in [2.75, 3.05) is 29.9 Å². The minimum atomic E-state index is 0.600. The lowest BCUT2D eigenvalue weighted by molar-refractivity contribution is 0.820. The number of aromatic nitrogens is 2. The molecule has 0 unspecified atom stereocenters. The van der Waals surface area contributed by atoms with Gasteiger partial charge in [-0.1, -0.05) is 0 Å². The highest BCUT2D eigenvalue weighted by Crippen LogP contribution is 2.39. The molecule has 1 aromatic heterocycles. The molecule has 1 aliphatic carbocycles. The van der Waals surface area contributed by atoms with E-state index in [0.717, 1.165) is 37.1 Å². The Bertz CT molecular complexity index is 370. The zero-order chi connectivity index (χ0) is 12.3. The second kappa shape index (κ2) is 5.34. The zero-order valence-corrected chi connectivity index (χ0v) is 11.0. The summed E-state index contributed by atoms with van der Waals surface area (Å²) in [5.41, 5.74) is 0. The molecule has 0 radical (unpaired) electrons. The Hall–Kier alpha value is -1.32. The summed E-state index contributed by atoms with van der Waals surface area (Å²) in [6, 6.07) is 2.06. The Balaban J connectivity index is 2.29. The van der Waals surface area contributed by atoms with Crippen molar-refractivity contribution in [3.63, 3.8) is 0 Å². The van der Waals surface area contributed by atoms with Gasteiger partial charge in [-0.2, -0.15) is 0 Å². The van der Waals surface area contributed by atoms with E-state index in [1.807, 2.05) is 0 Å². The van der Waals surface area contributed by atoms with E-state index in [0.29, 0.717) is 5.92 Å². The normalized spacial score (nSPS) is 14.8.